The molecule has 188 valence electrons. The Labute approximate surface area is 210 Å². The molecule has 0 saturated carbocycles. The first-order valence-corrected chi connectivity index (χ1v) is 12.4. The number of hydrogen-bond donors (Lipinski definition) is 2. The van der Waals surface area contributed by atoms with Crippen LogP contribution in [0.25, 0.3) is 16.9 Å². The van der Waals surface area contributed by atoms with E-state index in [2.05, 4.69) is 30.7 Å². The largest absolute Gasteiger partial charge is 0.492 e. The van der Waals surface area contributed by atoms with Crippen LogP contribution < -0.4 is 15.4 Å². The SMILES string of the molecule is CC(C)NC(=O)Cn1cc(-c2cccc3nc(Nc4ccc(OCCN5CCCC5)cc4)nn23)cn1. The van der Waals surface area contributed by atoms with E-state index in [4.69, 9.17) is 4.74 Å². The Morgan fingerprint density at radius 3 is 2.69 bits per heavy atom. The van der Waals surface area contributed by atoms with Gasteiger partial charge in [-0.05, 0) is 76.2 Å². The predicted octanol–water partition coefficient (Wildman–Crippen LogP) is 3.34. The number of carbonyl (C=O) groups excluding carboxylic acids is 1. The van der Waals surface area contributed by atoms with Gasteiger partial charge in [-0.1, -0.05) is 6.07 Å². The topological polar surface area (TPSA) is 102 Å². The van der Waals surface area contributed by atoms with E-state index >= 15 is 0 Å². The van der Waals surface area contributed by atoms with Crippen molar-refractivity contribution in [1.29, 1.82) is 0 Å². The molecule has 0 spiro atoms. The van der Waals surface area contributed by atoms with Crippen molar-refractivity contribution in [2.75, 3.05) is 31.6 Å². The maximum atomic E-state index is 12.1. The zero-order chi connectivity index (χ0) is 24.9. The van der Waals surface area contributed by atoms with E-state index in [1.165, 1.54) is 25.9 Å². The smallest absolute Gasteiger partial charge is 0.247 e. The van der Waals surface area contributed by atoms with Gasteiger partial charge in [-0.2, -0.15) is 10.1 Å². The molecule has 36 heavy (non-hydrogen) atoms. The Balaban J connectivity index is 1.24. The van der Waals surface area contributed by atoms with Crippen LogP contribution in [0.15, 0.2) is 54.9 Å². The van der Waals surface area contributed by atoms with E-state index in [1.807, 2.05) is 62.5 Å². The molecule has 1 aromatic carbocycles. The van der Waals surface area contributed by atoms with Crippen LogP contribution in [0, 0.1) is 0 Å². The minimum atomic E-state index is -0.0758. The van der Waals surface area contributed by atoms with Crippen molar-refractivity contribution in [2.45, 2.75) is 39.3 Å². The standard InChI is InChI=1S/C26H32N8O2/c1-19(2)28-25(35)18-33-17-20(16-27-33)23-6-5-7-24-30-26(31-34(23)24)29-21-8-10-22(11-9-21)36-15-14-32-12-3-4-13-32/h5-11,16-17,19H,3-4,12-15,18H2,1-2H3,(H,28,35)(H,29,31). The first kappa shape index (κ1) is 23.8. The molecule has 1 fully saturated rings. The Kier molecular flexibility index (Phi) is 7.13. The molecule has 1 amide bonds. The van der Waals surface area contributed by atoms with Crippen LogP contribution in [0.4, 0.5) is 11.6 Å². The number of carbonyl (C=O) groups is 1. The van der Waals surface area contributed by atoms with Gasteiger partial charge in [0.25, 0.3) is 0 Å². The average Bonchev–Trinajstić information content (AvgIpc) is 3.60. The molecule has 1 saturated heterocycles. The average molecular weight is 489 g/mol. The second kappa shape index (κ2) is 10.8. The van der Waals surface area contributed by atoms with E-state index in [0.717, 1.165) is 29.2 Å². The van der Waals surface area contributed by atoms with Crippen molar-refractivity contribution in [3.63, 3.8) is 0 Å². The van der Waals surface area contributed by atoms with Crippen molar-refractivity contribution in [3.05, 3.63) is 54.9 Å². The van der Waals surface area contributed by atoms with Crippen LogP contribution in [0.3, 0.4) is 0 Å². The summed E-state index contributed by atoms with van der Waals surface area (Å²) < 4.78 is 9.29. The van der Waals surface area contributed by atoms with Crippen LogP contribution in [-0.2, 0) is 11.3 Å². The molecule has 5 rings (SSSR count). The molecule has 10 nitrogen and oxygen atoms in total. The van der Waals surface area contributed by atoms with Crippen molar-refractivity contribution < 1.29 is 9.53 Å². The van der Waals surface area contributed by atoms with Gasteiger partial charge in [0.2, 0.25) is 11.9 Å². The van der Waals surface area contributed by atoms with Gasteiger partial charge in [0.05, 0.1) is 11.9 Å². The number of benzene rings is 1. The van der Waals surface area contributed by atoms with E-state index in [9.17, 15) is 4.79 Å². The van der Waals surface area contributed by atoms with Crippen LogP contribution >= 0.6 is 0 Å². The fourth-order valence-electron chi connectivity index (χ4n) is 4.34. The highest BCUT2D eigenvalue weighted by Gasteiger charge is 2.13. The molecule has 1 aliphatic heterocycles. The minimum Gasteiger partial charge on any atom is -0.492 e. The second-order valence-electron chi connectivity index (χ2n) is 9.31. The summed E-state index contributed by atoms with van der Waals surface area (Å²) in [6.07, 6.45) is 6.15. The summed E-state index contributed by atoms with van der Waals surface area (Å²) in [5.41, 5.74) is 3.28. The lowest BCUT2D eigenvalue weighted by Gasteiger charge is -2.15. The highest BCUT2D eigenvalue weighted by molar-refractivity contribution is 5.76. The normalized spacial score (nSPS) is 14.0. The molecule has 1 aliphatic rings. The Morgan fingerprint density at radius 2 is 1.92 bits per heavy atom. The van der Waals surface area contributed by atoms with Crippen molar-refractivity contribution in [1.82, 2.24) is 34.6 Å². The summed E-state index contributed by atoms with van der Waals surface area (Å²) in [5, 5.41) is 15.1. The third-order valence-electron chi connectivity index (χ3n) is 6.03. The molecule has 4 aromatic rings. The van der Waals surface area contributed by atoms with Gasteiger partial charge < -0.3 is 15.4 Å². The van der Waals surface area contributed by atoms with Crippen molar-refractivity contribution in [2.24, 2.45) is 0 Å². The molecule has 0 atom stereocenters. The summed E-state index contributed by atoms with van der Waals surface area (Å²) in [4.78, 5) is 19.1. The number of nitrogens with zero attached hydrogens (tertiary/aromatic N) is 6. The highest BCUT2D eigenvalue weighted by Crippen LogP contribution is 2.23. The number of ether oxygens (including phenoxy) is 1. The van der Waals surface area contributed by atoms with Gasteiger partial charge in [-0.15, -0.1) is 5.10 Å². The molecule has 2 N–H and O–H groups in total. The van der Waals surface area contributed by atoms with Gasteiger partial charge in [0, 0.05) is 30.0 Å². The molecule has 0 aliphatic carbocycles. The maximum absolute atomic E-state index is 12.1. The van der Waals surface area contributed by atoms with E-state index in [1.54, 1.807) is 15.4 Å². The number of aromatic nitrogens is 5. The van der Waals surface area contributed by atoms with E-state index < -0.39 is 0 Å². The molecule has 0 unspecified atom stereocenters. The second-order valence-corrected chi connectivity index (χ2v) is 9.31. The van der Waals surface area contributed by atoms with Crippen molar-refractivity contribution >= 4 is 23.2 Å². The number of likely N-dealkylation sites (tertiary alicyclic amines) is 1. The number of pyridine rings is 1. The molecular weight excluding hydrogens is 456 g/mol. The fraction of sp³-hybridized carbons (Fsp3) is 0.385. The lowest BCUT2D eigenvalue weighted by atomic mass is 10.2. The van der Waals surface area contributed by atoms with Crippen LogP contribution in [0.5, 0.6) is 5.75 Å². The molecule has 4 heterocycles. The summed E-state index contributed by atoms with van der Waals surface area (Å²) >= 11 is 0. The Morgan fingerprint density at radius 1 is 1.11 bits per heavy atom. The Bertz CT molecular complexity index is 1310. The van der Waals surface area contributed by atoms with Gasteiger partial charge in [0.15, 0.2) is 5.65 Å². The predicted molar refractivity (Wildman–Crippen MR) is 138 cm³/mol. The summed E-state index contributed by atoms with van der Waals surface area (Å²) in [5.74, 6) is 1.27. The van der Waals surface area contributed by atoms with Crippen LogP contribution in [0.1, 0.15) is 26.7 Å². The number of nitrogens with one attached hydrogen (secondary N) is 2. The number of hydrogen-bond acceptors (Lipinski definition) is 7. The maximum Gasteiger partial charge on any atom is 0.247 e. The summed E-state index contributed by atoms with van der Waals surface area (Å²) in [7, 11) is 0. The lowest BCUT2D eigenvalue weighted by molar-refractivity contribution is -0.122. The first-order chi connectivity index (χ1) is 17.5. The number of amides is 1. The third-order valence-corrected chi connectivity index (χ3v) is 6.03. The molecule has 10 heteroatoms. The van der Waals surface area contributed by atoms with Gasteiger partial charge >= 0.3 is 0 Å². The van der Waals surface area contributed by atoms with Gasteiger partial charge in [-0.3, -0.25) is 14.4 Å². The monoisotopic (exact) mass is 488 g/mol. The lowest BCUT2D eigenvalue weighted by Crippen LogP contribution is -2.33. The quantitative estimate of drug-likeness (QED) is 0.353. The number of anilines is 2. The molecule has 0 radical (unpaired) electrons. The molecule has 3 aromatic heterocycles. The summed E-state index contributed by atoms with van der Waals surface area (Å²) in [6, 6.07) is 13.7. The van der Waals surface area contributed by atoms with E-state index in [0.29, 0.717) is 18.2 Å². The van der Waals surface area contributed by atoms with E-state index in [-0.39, 0.29) is 18.5 Å². The minimum absolute atomic E-state index is 0.0758. The highest BCUT2D eigenvalue weighted by atomic mass is 16.5. The van der Waals surface area contributed by atoms with Crippen LogP contribution in [0.2, 0.25) is 0 Å². The van der Waals surface area contributed by atoms with Crippen LogP contribution in [-0.4, -0.2) is 67.5 Å². The first-order valence-electron chi connectivity index (χ1n) is 12.4. The van der Waals surface area contributed by atoms with Gasteiger partial charge in [0.1, 0.15) is 18.9 Å². The fourth-order valence-corrected chi connectivity index (χ4v) is 4.34. The van der Waals surface area contributed by atoms with Crippen molar-refractivity contribution in [3.8, 4) is 17.0 Å². The molecular formula is C26H32N8O2. The number of fused-ring (bicyclic) bond motifs is 1. The Hall–Kier alpha value is -3.92. The third kappa shape index (κ3) is 5.83. The summed E-state index contributed by atoms with van der Waals surface area (Å²) in [6.45, 7) is 8.05. The zero-order valence-corrected chi connectivity index (χ0v) is 20.7. The van der Waals surface area contributed by atoms with Gasteiger partial charge in [-0.25, -0.2) is 4.52 Å². The number of rotatable bonds is 10. The molecule has 0 bridgehead atoms. The zero-order valence-electron chi connectivity index (χ0n) is 20.7.